The highest BCUT2D eigenvalue weighted by Crippen LogP contribution is 2.18. The molecule has 1 aromatic heterocycles. The van der Waals surface area contributed by atoms with E-state index >= 15 is 0 Å². The number of nitrogens with zero attached hydrogens (tertiary/aromatic N) is 1. The molecule has 0 bridgehead atoms. The number of rotatable bonds is 2. The van der Waals surface area contributed by atoms with Crippen LogP contribution in [0.5, 0.6) is 0 Å². The van der Waals surface area contributed by atoms with Crippen molar-refractivity contribution in [1.82, 2.24) is 9.88 Å². The Kier molecular flexibility index (Phi) is 2.54. The first-order chi connectivity index (χ1) is 6.83. The zero-order valence-corrected chi connectivity index (χ0v) is 8.19. The van der Waals surface area contributed by atoms with Gasteiger partial charge in [-0.3, -0.25) is 5.32 Å². The highest BCUT2D eigenvalue weighted by molar-refractivity contribution is 5.77. The number of carbonyl (C=O) groups excluding carboxylic acids is 1. The zero-order valence-electron chi connectivity index (χ0n) is 8.19. The van der Waals surface area contributed by atoms with Crippen LogP contribution in [0.4, 0.5) is 0 Å². The first kappa shape index (κ1) is 9.27. The molecule has 2 heterocycles. The lowest BCUT2D eigenvalue weighted by Crippen LogP contribution is -2.38. The molecule has 76 valence electrons. The van der Waals surface area contributed by atoms with E-state index in [-0.39, 0.29) is 12.0 Å². The third-order valence-corrected chi connectivity index (χ3v) is 2.38. The average molecular weight is 194 g/mol. The molecule has 2 rings (SSSR count). The molecule has 0 fully saturated rings. The van der Waals surface area contributed by atoms with E-state index in [9.17, 15) is 4.79 Å². The molecule has 4 nitrogen and oxygen atoms in total. The second-order valence-electron chi connectivity index (χ2n) is 3.27. The van der Waals surface area contributed by atoms with E-state index in [0.717, 1.165) is 18.8 Å². The summed E-state index contributed by atoms with van der Waals surface area (Å²) < 4.78 is 7.07. The van der Waals surface area contributed by atoms with Crippen LogP contribution in [0.25, 0.3) is 0 Å². The van der Waals surface area contributed by atoms with Gasteiger partial charge < -0.3 is 9.30 Å². The lowest BCUT2D eigenvalue weighted by molar-refractivity contribution is -0.146. The van der Waals surface area contributed by atoms with Crippen LogP contribution in [0.2, 0.25) is 0 Å². The van der Waals surface area contributed by atoms with Gasteiger partial charge in [-0.05, 0) is 19.1 Å². The standard InChI is InChI=1S/C10H14N2O2/c1-2-14-10(13)9-8-4-3-6-12(8)7-5-11-9/h3-4,6,9,11H,2,5,7H2,1H3. The first-order valence-electron chi connectivity index (χ1n) is 4.88. The lowest BCUT2D eigenvalue weighted by atomic mass is 10.2. The van der Waals surface area contributed by atoms with Crippen LogP contribution in [0.1, 0.15) is 18.7 Å². The number of fused-ring (bicyclic) bond motifs is 1. The molecule has 1 atom stereocenters. The summed E-state index contributed by atoms with van der Waals surface area (Å²) in [6.07, 6.45) is 1.99. The summed E-state index contributed by atoms with van der Waals surface area (Å²) in [6.45, 7) is 3.97. The fourth-order valence-electron chi connectivity index (χ4n) is 1.76. The number of hydrogen-bond acceptors (Lipinski definition) is 3. The molecule has 0 spiro atoms. The van der Waals surface area contributed by atoms with Crippen LogP contribution in [0, 0.1) is 0 Å². The van der Waals surface area contributed by atoms with Crippen molar-refractivity contribution in [3.63, 3.8) is 0 Å². The van der Waals surface area contributed by atoms with Crippen molar-refractivity contribution in [3.8, 4) is 0 Å². The minimum absolute atomic E-state index is 0.188. The second kappa shape index (κ2) is 3.84. The molecule has 0 aromatic carbocycles. The van der Waals surface area contributed by atoms with Crippen molar-refractivity contribution in [2.75, 3.05) is 13.2 Å². The van der Waals surface area contributed by atoms with Gasteiger partial charge in [0.05, 0.1) is 6.61 Å². The van der Waals surface area contributed by atoms with Crippen LogP contribution in [-0.2, 0) is 16.1 Å². The molecule has 0 aliphatic carbocycles. The second-order valence-corrected chi connectivity index (χ2v) is 3.27. The Morgan fingerprint density at radius 3 is 3.43 bits per heavy atom. The summed E-state index contributed by atoms with van der Waals surface area (Å²) >= 11 is 0. The first-order valence-corrected chi connectivity index (χ1v) is 4.88. The molecule has 1 aromatic rings. The van der Waals surface area contributed by atoms with Gasteiger partial charge in [-0.2, -0.15) is 0 Å². The van der Waals surface area contributed by atoms with Crippen LogP contribution in [0.3, 0.4) is 0 Å². The van der Waals surface area contributed by atoms with Gasteiger partial charge in [0.15, 0.2) is 0 Å². The van der Waals surface area contributed by atoms with E-state index in [4.69, 9.17) is 4.74 Å². The number of aromatic nitrogens is 1. The van der Waals surface area contributed by atoms with E-state index in [0.29, 0.717) is 6.61 Å². The van der Waals surface area contributed by atoms with Crippen LogP contribution in [0.15, 0.2) is 18.3 Å². The molecule has 0 amide bonds. The number of nitrogens with one attached hydrogen (secondary N) is 1. The Balaban J connectivity index is 2.19. The van der Waals surface area contributed by atoms with E-state index in [2.05, 4.69) is 9.88 Å². The Morgan fingerprint density at radius 2 is 2.64 bits per heavy atom. The van der Waals surface area contributed by atoms with Crippen molar-refractivity contribution in [3.05, 3.63) is 24.0 Å². The molecule has 1 aliphatic rings. The monoisotopic (exact) mass is 194 g/mol. The third kappa shape index (κ3) is 1.53. The summed E-state index contributed by atoms with van der Waals surface area (Å²) in [5.41, 5.74) is 0.995. The van der Waals surface area contributed by atoms with Gasteiger partial charge in [0.2, 0.25) is 0 Å². The summed E-state index contributed by atoms with van der Waals surface area (Å²) in [4.78, 5) is 11.6. The topological polar surface area (TPSA) is 43.3 Å². The molecule has 1 N–H and O–H groups in total. The molecule has 0 saturated heterocycles. The summed E-state index contributed by atoms with van der Waals surface area (Å²) in [7, 11) is 0. The Bertz CT molecular complexity index is 333. The van der Waals surface area contributed by atoms with Gasteiger partial charge in [-0.25, -0.2) is 4.79 Å². The minimum Gasteiger partial charge on any atom is -0.465 e. The molecule has 0 saturated carbocycles. The fourth-order valence-corrected chi connectivity index (χ4v) is 1.76. The van der Waals surface area contributed by atoms with Crippen molar-refractivity contribution in [2.45, 2.75) is 19.5 Å². The summed E-state index contributed by atoms with van der Waals surface area (Å²) in [6, 6.07) is 3.61. The molecule has 1 aliphatic heterocycles. The van der Waals surface area contributed by atoms with E-state index in [1.807, 2.05) is 25.3 Å². The maximum absolute atomic E-state index is 11.6. The molecule has 14 heavy (non-hydrogen) atoms. The fraction of sp³-hybridized carbons (Fsp3) is 0.500. The number of carbonyl (C=O) groups is 1. The smallest absolute Gasteiger partial charge is 0.329 e. The van der Waals surface area contributed by atoms with Crippen LogP contribution < -0.4 is 5.32 Å². The van der Waals surface area contributed by atoms with Crippen LogP contribution in [-0.4, -0.2) is 23.7 Å². The zero-order chi connectivity index (χ0) is 9.97. The maximum Gasteiger partial charge on any atom is 0.329 e. The van der Waals surface area contributed by atoms with Crippen molar-refractivity contribution in [2.24, 2.45) is 0 Å². The Morgan fingerprint density at radius 1 is 1.79 bits per heavy atom. The molecular formula is C10H14N2O2. The van der Waals surface area contributed by atoms with Crippen molar-refractivity contribution in [1.29, 1.82) is 0 Å². The molecule has 4 heteroatoms. The average Bonchev–Trinajstić information content (AvgIpc) is 2.65. The molecule has 0 radical (unpaired) electrons. The third-order valence-electron chi connectivity index (χ3n) is 2.38. The minimum atomic E-state index is -0.293. The van der Waals surface area contributed by atoms with Crippen molar-refractivity contribution < 1.29 is 9.53 Å². The predicted octanol–water partition coefficient (Wildman–Crippen LogP) is 0.695. The molecule has 1 unspecified atom stereocenters. The molecular weight excluding hydrogens is 180 g/mol. The number of esters is 1. The summed E-state index contributed by atoms with van der Waals surface area (Å²) in [5.74, 6) is -0.188. The largest absolute Gasteiger partial charge is 0.465 e. The predicted molar refractivity (Wildman–Crippen MR) is 51.8 cm³/mol. The van der Waals surface area contributed by atoms with Gasteiger partial charge in [-0.15, -0.1) is 0 Å². The van der Waals surface area contributed by atoms with Gasteiger partial charge in [0.1, 0.15) is 6.04 Å². The van der Waals surface area contributed by atoms with Crippen LogP contribution >= 0.6 is 0 Å². The quantitative estimate of drug-likeness (QED) is 0.705. The summed E-state index contributed by atoms with van der Waals surface area (Å²) in [5, 5.41) is 3.15. The number of ether oxygens (including phenoxy) is 1. The van der Waals surface area contributed by atoms with Gasteiger partial charge in [0, 0.05) is 25.0 Å². The van der Waals surface area contributed by atoms with E-state index < -0.39 is 0 Å². The Labute approximate surface area is 82.9 Å². The lowest BCUT2D eigenvalue weighted by Gasteiger charge is -2.24. The van der Waals surface area contributed by atoms with Gasteiger partial charge in [0.25, 0.3) is 0 Å². The van der Waals surface area contributed by atoms with Gasteiger partial charge >= 0.3 is 5.97 Å². The highest BCUT2D eigenvalue weighted by Gasteiger charge is 2.26. The van der Waals surface area contributed by atoms with Crippen molar-refractivity contribution >= 4 is 5.97 Å². The Hall–Kier alpha value is -1.29. The van der Waals surface area contributed by atoms with E-state index in [1.165, 1.54) is 0 Å². The normalized spacial score (nSPS) is 20.2. The highest BCUT2D eigenvalue weighted by atomic mass is 16.5. The van der Waals surface area contributed by atoms with E-state index in [1.54, 1.807) is 0 Å². The maximum atomic E-state index is 11.6. The number of hydrogen-bond donors (Lipinski definition) is 1. The SMILES string of the molecule is CCOC(=O)C1NCCn2cccc21. The van der Waals surface area contributed by atoms with Gasteiger partial charge in [-0.1, -0.05) is 0 Å².